The molecule has 2 aromatic rings. The number of aryl methyl sites for hydroxylation is 1. The summed E-state index contributed by atoms with van der Waals surface area (Å²) in [6.07, 6.45) is 3.40. The molecule has 3 heteroatoms. The maximum atomic E-state index is 5.52. The van der Waals surface area contributed by atoms with E-state index in [9.17, 15) is 0 Å². The molecule has 0 saturated carbocycles. The monoisotopic (exact) mass is 188 g/mol. The van der Waals surface area contributed by atoms with E-state index in [-0.39, 0.29) is 0 Å². The lowest BCUT2D eigenvalue weighted by Gasteiger charge is -2.05. The summed E-state index contributed by atoms with van der Waals surface area (Å²) in [5.41, 5.74) is 2.45. The fraction of sp³-hybridized carbons (Fsp3) is 0.182. The lowest BCUT2D eigenvalue weighted by atomic mass is 10.1. The van der Waals surface area contributed by atoms with Gasteiger partial charge in [-0.1, -0.05) is 24.3 Å². The van der Waals surface area contributed by atoms with Crippen molar-refractivity contribution in [1.29, 1.82) is 0 Å². The predicted molar refractivity (Wildman–Crippen MR) is 54.1 cm³/mol. The average molecular weight is 188 g/mol. The molecule has 1 N–H and O–H groups in total. The lowest BCUT2D eigenvalue weighted by molar-refractivity contribution is 0.305. The molecule has 0 unspecified atom stereocenters. The van der Waals surface area contributed by atoms with Gasteiger partial charge >= 0.3 is 0 Å². The summed E-state index contributed by atoms with van der Waals surface area (Å²) in [5.74, 6) is 0.772. The van der Waals surface area contributed by atoms with Gasteiger partial charge in [0.15, 0.2) is 5.75 Å². The van der Waals surface area contributed by atoms with Crippen LogP contribution in [0.5, 0.6) is 5.75 Å². The maximum Gasteiger partial charge on any atom is 0.157 e. The van der Waals surface area contributed by atoms with E-state index >= 15 is 0 Å². The smallest absolute Gasteiger partial charge is 0.157 e. The van der Waals surface area contributed by atoms with E-state index < -0.39 is 0 Å². The van der Waals surface area contributed by atoms with Crippen molar-refractivity contribution in [1.82, 2.24) is 10.2 Å². The van der Waals surface area contributed by atoms with Crippen molar-refractivity contribution in [2.75, 3.05) is 0 Å². The van der Waals surface area contributed by atoms with E-state index in [0.717, 1.165) is 5.75 Å². The summed E-state index contributed by atoms with van der Waals surface area (Å²) in [6, 6.07) is 8.18. The Morgan fingerprint density at radius 2 is 2.21 bits per heavy atom. The quantitative estimate of drug-likeness (QED) is 0.802. The molecule has 0 fully saturated rings. The van der Waals surface area contributed by atoms with Crippen LogP contribution in [0.15, 0.2) is 36.7 Å². The molecule has 0 amide bonds. The van der Waals surface area contributed by atoms with Crippen molar-refractivity contribution in [2.45, 2.75) is 13.5 Å². The molecule has 0 spiro atoms. The second-order valence-corrected chi connectivity index (χ2v) is 3.15. The fourth-order valence-corrected chi connectivity index (χ4v) is 1.25. The van der Waals surface area contributed by atoms with Gasteiger partial charge in [0, 0.05) is 0 Å². The molecule has 0 atom stereocenters. The fourth-order valence-electron chi connectivity index (χ4n) is 1.25. The molecule has 0 aliphatic heterocycles. The minimum absolute atomic E-state index is 0.589. The van der Waals surface area contributed by atoms with Crippen LogP contribution in [0.3, 0.4) is 0 Å². The molecule has 2 rings (SSSR count). The van der Waals surface area contributed by atoms with Gasteiger partial charge in [0.05, 0.1) is 12.4 Å². The third kappa shape index (κ3) is 1.93. The largest absolute Gasteiger partial charge is 0.486 e. The van der Waals surface area contributed by atoms with Crippen LogP contribution >= 0.6 is 0 Å². The number of hydrogen-bond acceptors (Lipinski definition) is 2. The summed E-state index contributed by atoms with van der Waals surface area (Å²) in [4.78, 5) is 0. The summed E-state index contributed by atoms with van der Waals surface area (Å²) in [6.45, 7) is 2.67. The van der Waals surface area contributed by atoms with Gasteiger partial charge in [-0.15, -0.1) is 0 Å². The number of ether oxygens (including phenoxy) is 1. The zero-order valence-corrected chi connectivity index (χ0v) is 8.03. The summed E-state index contributed by atoms with van der Waals surface area (Å²) >= 11 is 0. The van der Waals surface area contributed by atoms with E-state index in [1.807, 2.05) is 12.1 Å². The number of benzene rings is 1. The van der Waals surface area contributed by atoms with E-state index in [2.05, 4.69) is 29.3 Å². The van der Waals surface area contributed by atoms with Crippen molar-refractivity contribution in [2.24, 2.45) is 0 Å². The van der Waals surface area contributed by atoms with Crippen LogP contribution in [0.2, 0.25) is 0 Å². The molecule has 72 valence electrons. The number of hydrogen-bond donors (Lipinski definition) is 1. The molecule has 0 aliphatic rings. The number of nitrogens with one attached hydrogen (secondary N) is 1. The minimum Gasteiger partial charge on any atom is -0.486 e. The molecular weight excluding hydrogens is 176 g/mol. The standard InChI is InChI=1S/C11H12N2O/c1-9-4-2-3-5-10(9)8-14-11-6-12-13-7-11/h2-7H,8H2,1H3,(H,12,13). The van der Waals surface area contributed by atoms with Gasteiger partial charge in [-0.05, 0) is 18.1 Å². The van der Waals surface area contributed by atoms with E-state index in [4.69, 9.17) is 4.74 Å². The van der Waals surface area contributed by atoms with Gasteiger partial charge in [0.25, 0.3) is 0 Å². The SMILES string of the molecule is Cc1ccccc1COc1cn[nH]c1. The first kappa shape index (κ1) is 8.81. The van der Waals surface area contributed by atoms with Gasteiger partial charge in [-0.2, -0.15) is 5.10 Å². The topological polar surface area (TPSA) is 37.9 Å². The second-order valence-electron chi connectivity index (χ2n) is 3.15. The Kier molecular flexibility index (Phi) is 2.49. The Morgan fingerprint density at radius 1 is 1.36 bits per heavy atom. The highest BCUT2D eigenvalue weighted by molar-refractivity contribution is 5.25. The van der Waals surface area contributed by atoms with Gasteiger partial charge in [0.1, 0.15) is 6.61 Å². The summed E-state index contributed by atoms with van der Waals surface area (Å²) < 4.78 is 5.52. The molecule has 0 bridgehead atoms. The number of nitrogens with zero attached hydrogens (tertiary/aromatic N) is 1. The average Bonchev–Trinajstić information content (AvgIpc) is 2.69. The van der Waals surface area contributed by atoms with Crippen LogP contribution in [0.1, 0.15) is 11.1 Å². The normalized spacial score (nSPS) is 10.1. The molecule has 0 aliphatic carbocycles. The van der Waals surface area contributed by atoms with Crippen LogP contribution in [-0.2, 0) is 6.61 Å². The highest BCUT2D eigenvalue weighted by Crippen LogP contribution is 2.12. The van der Waals surface area contributed by atoms with E-state index in [1.165, 1.54) is 11.1 Å². The predicted octanol–water partition coefficient (Wildman–Crippen LogP) is 2.30. The Hall–Kier alpha value is -1.77. The first-order chi connectivity index (χ1) is 6.86. The van der Waals surface area contributed by atoms with Crippen LogP contribution in [0.4, 0.5) is 0 Å². The maximum absolute atomic E-state index is 5.52. The Morgan fingerprint density at radius 3 is 2.93 bits per heavy atom. The highest BCUT2D eigenvalue weighted by atomic mass is 16.5. The molecule has 0 radical (unpaired) electrons. The van der Waals surface area contributed by atoms with Crippen molar-refractivity contribution >= 4 is 0 Å². The van der Waals surface area contributed by atoms with Crippen LogP contribution in [0.25, 0.3) is 0 Å². The van der Waals surface area contributed by atoms with Crippen LogP contribution in [-0.4, -0.2) is 10.2 Å². The molecule has 3 nitrogen and oxygen atoms in total. The first-order valence-corrected chi connectivity index (χ1v) is 4.52. The van der Waals surface area contributed by atoms with E-state index in [0.29, 0.717) is 6.61 Å². The molecule has 0 saturated heterocycles. The van der Waals surface area contributed by atoms with Crippen molar-refractivity contribution in [3.8, 4) is 5.75 Å². The second kappa shape index (κ2) is 3.96. The number of aromatic amines is 1. The lowest BCUT2D eigenvalue weighted by Crippen LogP contribution is -1.96. The van der Waals surface area contributed by atoms with Crippen LogP contribution in [0, 0.1) is 6.92 Å². The minimum atomic E-state index is 0.589. The third-order valence-electron chi connectivity index (χ3n) is 2.13. The molecule has 1 aromatic heterocycles. The van der Waals surface area contributed by atoms with Gasteiger partial charge in [0.2, 0.25) is 0 Å². The number of H-pyrrole nitrogens is 1. The van der Waals surface area contributed by atoms with Crippen molar-refractivity contribution in [3.63, 3.8) is 0 Å². The Bertz CT molecular complexity index is 395. The Labute approximate surface area is 82.7 Å². The van der Waals surface area contributed by atoms with Crippen LogP contribution < -0.4 is 4.74 Å². The highest BCUT2D eigenvalue weighted by Gasteiger charge is 1.98. The van der Waals surface area contributed by atoms with Gasteiger partial charge < -0.3 is 4.74 Å². The number of rotatable bonds is 3. The molecule has 1 heterocycles. The van der Waals surface area contributed by atoms with Gasteiger partial charge in [-0.3, -0.25) is 5.10 Å². The first-order valence-electron chi connectivity index (χ1n) is 4.52. The molecule has 14 heavy (non-hydrogen) atoms. The summed E-state index contributed by atoms with van der Waals surface area (Å²) in [5, 5.41) is 6.51. The van der Waals surface area contributed by atoms with E-state index in [1.54, 1.807) is 12.4 Å². The zero-order chi connectivity index (χ0) is 9.80. The van der Waals surface area contributed by atoms with Crippen molar-refractivity contribution < 1.29 is 4.74 Å². The zero-order valence-electron chi connectivity index (χ0n) is 8.03. The van der Waals surface area contributed by atoms with Gasteiger partial charge in [-0.25, -0.2) is 0 Å². The summed E-state index contributed by atoms with van der Waals surface area (Å²) in [7, 11) is 0. The third-order valence-corrected chi connectivity index (χ3v) is 2.13. The molecule has 1 aromatic carbocycles. The van der Waals surface area contributed by atoms with Crippen molar-refractivity contribution in [3.05, 3.63) is 47.8 Å². The molecular formula is C11H12N2O. The Balaban J connectivity index is 2.02. The number of aromatic nitrogens is 2.